The molecule has 3 rings (SSSR count). The third-order valence-corrected chi connectivity index (χ3v) is 3.31. The number of fused-ring (bicyclic) bond motifs is 1. The first kappa shape index (κ1) is 13.1. The van der Waals surface area contributed by atoms with Gasteiger partial charge < -0.3 is 13.9 Å². The van der Waals surface area contributed by atoms with Crippen LogP contribution in [-0.2, 0) is 20.8 Å². The SMILES string of the molecule is COC(=O)C1CN(Cc2nc3ccccc3o2)CCO1. The lowest BCUT2D eigenvalue weighted by Gasteiger charge is -2.30. The van der Waals surface area contributed by atoms with Crippen LogP contribution in [0, 0.1) is 0 Å². The standard InChI is InChI=1S/C14H16N2O4/c1-18-14(17)12-8-16(6-7-19-12)9-13-15-10-4-2-3-5-11(10)20-13/h2-5,12H,6-9H2,1H3. The van der Waals surface area contributed by atoms with Crippen LogP contribution in [0.25, 0.3) is 11.1 Å². The summed E-state index contributed by atoms with van der Waals surface area (Å²) in [5.41, 5.74) is 1.63. The summed E-state index contributed by atoms with van der Waals surface area (Å²) in [5, 5.41) is 0. The van der Waals surface area contributed by atoms with Crippen LogP contribution >= 0.6 is 0 Å². The molecule has 1 fully saturated rings. The number of morpholine rings is 1. The molecular weight excluding hydrogens is 260 g/mol. The van der Waals surface area contributed by atoms with Crippen LogP contribution in [0.2, 0.25) is 0 Å². The number of carbonyl (C=O) groups excluding carboxylic acids is 1. The molecule has 0 N–H and O–H groups in total. The second kappa shape index (κ2) is 5.60. The highest BCUT2D eigenvalue weighted by Gasteiger charge is 2.28. The van der Waals surface area contributed by atoms with Crippen molar-refractivity contribution in [2.24, 2.45) is 0 Å². The maximum absolute atomic E-state index is 11.5. The predicted molar refractivity (Wildman–Crippen MR) is 71.0 cm³/mol. The Morgan fingerprint density at radius 3 is 3.15 bits per heavy atom. The molecule has 6 heteroatoms. The third kappa shape index (κ3) is 2.66. The van der Waals surface area contributed by atoms with Gasteiger partial charge in [0.1, 0.15) is 5.52 Å². The van der Waals surface area contributed by atoms with Gasteiger partial charge in [-0.2, -0.15) is 0 Å². The minimum absolute atomic E-state index is 0.340. The summed E-state index contributed by atoms with van der Waals surface area (Å²) in [6.07, 6.45) is -0.530. The first-order valence-corrected chi connectivity index (χ1v) is 6.52. The summed E-state index contributed by atoms with van der Waals surface area (Å²) < 4.78 is 15.8. The third-order valence-electron chi connectivity index (χ3n) is 3.31. The van der Waals surface area contributed by atoms with E-state index in [0.29, 0.717) is 25.6 Å². The summed E-state index contributed by atoms with van der Waals surface area (Å²) in [7, 11) is 1.37. The highest BCUT2D eigenvalue weighted by atomic mass is 16.6. The number of methoxy groups -OCH3 is 1. The van der Waals surface area contributed by atoms with Gasteiger partial charge in [0.2, 0.25) is 5.89 Å². The van der Waals surface area contributed by atoms with Gasteiger partial charge in [0.05, 0.1) is 20.3 Å². The van der Waals surface area contributed by atoms with Crippen LogP contribution in [0.4, 0.5) is 0 Å². The van der Waals surface area contributed by atoms with Gasteiger partial charge in [-0.05, 0) is 12.1 Å². The van der Waals surface area contributed by atoms with E-state index < -0.39 is 6.10 Å². The zero-order valence-corrected chi connectivity index (χ0v) is 11.2. The predicted octanol–water partition coefficient (Wildman–Crippen LogP) is 1.20. The van der Waals surface area contributed by atoms with E-state index in [1.807, 2.05) is 24.3 Å². The Balaban J connectivity index is 1.69. The number of ether oxygens (including phenoxy) is 2. The molecule has 1 aromatic carbocycles. The van der Waals surface area contributed by atoms with Gasteiger partial charge in [-0.15, -0.1) is 0 Å². The van der Waals surface area contributed by atoms with Crippen LogP contribution in [-0.4, -0.2) is 48.8 Å². The van der Waals surface area contributed by atoms with Crippen molar-refractivity contribution in [3.8, 4) is 0 Å². The fraction of sp³-hybridized carbons (Fsp3) is 0.429. The topological polar surface area (TPSA) is 64.8 Å². The Morgan fingerprint density at radius 1 is 1.50 bits per heavy atom. The second-order valence-corrected chi connectivity index (χ2v) is 4.69. The zero-order valence-electron chi connectivity index (χ0n) is 11.2. The Bertz CT molecular complexity index is 577. The quantitative estimate of drug-likeness (QED) is 0.785. The van der Waals surface area contributed by atoms with Gasteiger partial charge in [0.25, 0.3) is 0 Å². The van der Waals surface area contributed by atoms with E-state index in [1.165, 1.54) is 7.11 Å². The molecule has 0 aliphatic carbocycles. The van der Waals surface area contributed by atoms with Crippen molar-refractivity contribution in [1.29, 1.82) is 0 Å². The first-order chi connectivity index (χ1) is 9.76. The molecule has 0 saturated carbocycles. The molecule has 1 atom stereocenters. The number of aromatic nitrogens is 1. The van der Waals surface area contributed by atoms with Crippen LogP contribution in [0.5, 0.6) is 0 Å². The number of esters is 1. The van der Waals surface area contributed by atoms with Crippen LogP contribution in [0.3, 0.4) is 0 Å². The molecular formula is C14H16N2O4. The first-order valence-electron chi connectivity index (χ1n) is 6.52. The number of benzene rings is 1. The minimum atomic E-state index is -0.530. The highest BCUT2D eigenvalue weighted by Crippen LogP contribution is 2.17. The van der Waals surface area contributed by atoms with E-state index in [4.69, 9.17) is 13.9 Å². The molecule has 0 bridgehead atoms. The van der Waals surface area contributed by atoms with Crippen molar-refractivity contribution in [2.75, 3.05) is 26.8 Å². The monoisotopic (exact) mass is 276 g/mol. The Labute approximate surface area is 116 Å². The van der Waals surface area contributed by atoms with Gasteiger partial charge in [0, 0.05) is 13.1 Å². The highest BCUT2D eigenvalue weighted by molar-refractivity contribution is 5.75. The molecule has 6 nitrogen and oxygen atoms in total. The summed E-state index contributed by atoms with van der Waals surface area (Å²) in [5.74, 6) is 0.309. The second-order valence-electron chi connectivity index (χ2n) is 4.69. The lowest BCUT2D eigenvalue weighted by Crippen LogP contribution is -2.46. The number of hydrogen-bond acceptors (Lipinski definition) is 6. The van der Waals surface area contributed by atoms with E-state index in [0.717, 1.165) is 17.6 Å². The molecule has 20 heavy (non-hydrogen) atoms. The lowest BCUT2D eigenvalue weighted by molar-refractivity contribution is -0.160. The zero-order chi connectivity index (χ0) is 13.9. The molecule has 2 aromatic rings. The van der Waals surface area contributed by atoms with Crippen LogP contribution in [0.15, 0.2) is 28.7 Å². The summed E-state index contributed by atoms with van der Waals surface area (Å²) in [4.78, 5) is 18.0. The van der Waals surface area contributed by atoms with Gasteiger partial charge in [-0.25, -0.2) is 9.78 Å². The van der Waals surface area contributed by atoms with Crippen molar-refractivity contribution in [3.05, 3.63) is 30.2 Å². The molecule has 1 aliphatic rings. The molecule has 0 radical (unpaired) electrons. The molecule has 2 heterocycles. The van der Waals surface area contributed by atoms with Crippen molar-refractivity contribution in [3.63, 3.8) is 0 Å². The average Bonchev–Trinajstić information content (AvgIpc) is 2.88. The Kier molecular flexibility index (Phi) is 3.66. The number of oxazole rings is 1. The van der Waals surface area contributed by atoms with Crippen molar-refractivity contribution >= 4 is 17.1 Å². The lowest BCUT2D eigenvalue weighted by atomic mass is 10.2. The van der Waals surface area contributed by atoms with E-state index >= 15 is 0 Å². The number of hydrogen-bond donors (Lipinski definition) is 0. The number of rotatable bonds is 3. The van der Waals surface area contributed by atoms with E-state index in [1.54, 1.807) is 0 Å². The fourth-order valence-electron chi connectivity index (χ4n) is 2.30. The molecule has 0 amide bonds. The number of nitrogens with zero attached hydrogens (tertiary/aromatic N) is 2. The molecule has 1 unspecified atom stereocenters. The van der Waals surface area contributed by atoms with Crippen molar-refractivity contribution < 1.29 is 18.7 Å². The minimum Gasteiger partial charge on any atom is -0.467 e. The number of para-hydroxylation sites is 2. The summed E-state index contributed by atoms with van der Waals surface area (Å²) in [6, 6.07) is 7.65. The van der Waals surface area contributed by atoms with Gasteiger partial charge in [0.15, 0.2) is 11.7 Å². The maximum Gasteiger partial charge on any atom is 0.336 e. The molecule has 0 spiro atoms. The molecule has 1 aromatic heterocycles. The van der Waals surface area contributed by atoms with E-state index in [9.17, 15) is 4.79 Å². The van der Waals surface area contributed by atoms with E-state index in [-0.39, 0.29) is 5.97 Å². The molecule has 106 valence electrons. The Hall–Kier alpha value is -1.92. The average molecular weight is 276 g/mol. The fourth-order valence-corrected chi connectivity index (χ4v) is 2.30. The van der Waals surface area contributed by atoms with Gasteiger partial charge in [-0.3, -0.25) is 4.90 Å². The maximum atomic E-state index is 11.5. The Morgan fingerprint density at radius 2 is 2.35 bits per heavy atom. The number of carbonyl (C=O) groups is 1. The smallest absolute Gasteiger partial charge is 0.336 e. The summed E-state index contributed by atoms with van der Waals surface area (Å²) in [6.45, 7) is 2.29. The normalized spacial score (nSPS) is 20.1. The van der Waals surface area contributed by atoms with Crippen LogP contribution in [0.1, 0.15) is 5.89 Å². The largest absolute Gasteiger partial charge is 0.467 e. The van der Waals surface area contributed by atoms with Crippen molar-refractivity contribution in [1.82, 2.24) is 9.88 Å². The summed E-state index contributed by atoms with van der Waals surface area (Å²) >= 11 is 0. The van der Waals surface area contributed by atoms with Gasteiger partial charge >= 0.3 is 5.97 Å². The molecule has 1 saturated heterocycles. The van der Waals surface area contributed by atoms with Crippen LogP contribution < -0.4 is 0 Å². The van der Waals surface area contributed by atoms with E-state index in [2.05, 4.69) is 9.88 Å². The molecule has 1 aliphatic heterocycles. The van der Waals surface area contributed by atoms with Crippen molar-refractivity contribution in [2.45, 2.75) is 12.6 Å². The van der Waals surface area contributed by atoms with Gasteiger partial charge in [-0.1, -0.05) is 12.1 Å².